The quantitative estimate of drug-likeness (QED) is 0.733. The van der Waals surface area contributed by atoms with Crippen molar-refractivity contribution >= 4 is 43.2 Å². The fraction of sp³-hybridized carbons (Fsp3) is 0.500. The summed E-state index contributed by atoms with van der Waals surface area (Å²) in [6.07, 6.45) is 2.37. The number of halogens is 2. The van der Waals surface area contributed by atoms with Gasteiger partial charge in [0.05, 0.1) is 3.79 Å². The van der Waals surface area contributed by atoms with Crippen LogP contribution in [0.5, 0.6) is 0 Å². The Morgan fingerprint density at radius 2 is 2.36 bits per heavy atom. The molecular weight excluding hydrogens is 288 g/mol. The van der Waals surface area contributed by atoms with Crippen molar-refractivity contribution in [1.29, 1.82) is 0 Å². The third-order valence-corrected chi connectivity index (χ3v) is 3.77. The second kappa shape index (κ2) is 4.63. The molecule has 0 bridgehead atoms. The first kappa shape index (κ1) is 9.75. The van der Waals surface area contributed by atoms with Crippen LogP contribution >= 0.6 is 43.2 Å². The van der Waals surface area contributed by atoms with E-state index in [0.29, 0.717) is 4.83 Å². The van der Waals surface area contributed by atoms with Crippen molar-refractivity contribution in [2.24, 2.45) is 0 Å². The van der Waals surface area contributed by atoms with Gasteiger partial charge in [0, 0.05) is 4.83 Å². The van der Waals surface area contributed by atoms with Crippen molar-refractivity contribution in [3.8, 4) is 0 Å². The highest BCUT2D eigenvalue weighted by Crippen LogP contribution is 2.25. The Morgan fingerprint density at radius 1 is 1.64 bits per heavy atom. The van der Waals surface area contributed by atoms with Crippen LogP contribution in [0.15, 0.2) is 15.2 Å². The van der Waals surface area contributed by atoms with Crippen LogP contribution in [0.1, 0.15) is 18.9 Å². The fourth-order valence-corrected chi connectivity index (χ4v) is 2.41. The third kappa shape index (κ3) is 3.26. The summed E-state index contributed by atoms with van der Waals surface area (Å²) in [5.41, 5.74) is 1.43. The average molecular weight is 298 g/mol. The molecule has 62 valence electrons. The van der Waals surface area contributed by atoms with E-state index in [1.165, 1.54) is 15.8 Å². The van der Waals surface area contributed by atoms with Crippen LogP contribution in [0, 0.1) is 0 Å². The van der Waals surface area contributed by atoms with Crippen LogP contribution in [0.3, 0.4) is 0 Å². The molecule has 0 aliphatic carbocycles. The molecule has 0 fully saturated rings. The molecule has 11 heavy (non-hydrogen) atoms. The van der Waals surface area contributed by atoms with Crippen molar-refractivity contribution in [3.63, 3.8) is 0 Å². The number of hydrogen-bond donors (Lipinski definition) is 0. The second-order valence-corrected chi connectivity index (χ2v) is 6.34. The van der Waals surface area contributed by atoms with Gasteiger partial charge in [-0.2, -0.15) is 0 Å². The molecule has 0 amide bonds. The lowest BCUT2D eigenvalue weighted by Gasteiger charge is -2.00. The van der Waals surface area contributed by atoms with Gasteiger partial charge in [0.15, 0.2) is 0 Å². The van der Waals surface area contributed by atoms with E-state index in [-0.39, 0.29) is 0 Å². The lowest BCUT2D eigenvalue weighted by molar-refractivity contribution is 0.822. The van der Waals surface area contributed by atoms with Crippen LogP contribution in [0.25, 0.3) is 0 Å². The molecule has 0 saturated carbocycles. The van der Waals surface area contributed by atoms with Gasteiger partial charge in [-0.25, -0.2) is 0 Å². The van der Waals surface area contributed by atoms with Gasteiger partial charge in [0.2, 0.25) is 0 Å². The van der Waals surface area contributed by atoms with Gasteiger partial charge >= 0.3 is 0 Å². The maximum Gasteiger partial charge on any atom is 0.0730 e. The summed E-state index contributed by atoms with van der Waals surface area (Å²) < 4.78 is 1.28. The highest BCUT2D eigenvalue weighted by atomic mass is 79.9. The number of rotatable bonds is 3. The van der Waals surface area contributed by atoms with Gasteiger partial charge in [-0.15, -0.1) is 11.3 Å². The van der Waals surface area contributed by atoms with Gasteiger partial charge < -0.3 is 0 Å². The van der Waals surface area contributed by atoms with E-state index in [1.807, 2.05) is 0 Å². The van der Waals surface area contributed by atoms with E-state index in [0.717, 1.165) is 6.42 Å². The molecular formula is C8H10Br2S. The predicted octanol–water partition coefficient (Wildman–Crippen LogP) is 4.23. The van der Waals surface area contributed by atoms with Crippen molar-refractivity contribution < 1.29 is 0 Å². The van der Waals surface area contributed by atoms with Crippen LogP contribution < -0.4 is 0 Å². The summed E-state index contributed by atoms with van der Waals surface area (Å²) in [6, 6.07) is 2.18. The molecule has 0 aliphatic rings. The summed E-state index contributed by atoms with van der Waals surface area (Å²) in [5.74, 6) is 0. The van der Waals surface area contributed by atoms with Gasteiger partial charge in [-0.05, 0) is 45.8 Å². The maximum absolute atomic E-state index is 3.53. The topological polar surface area (TPSA) is 0 Å². The van der Waals surface area contributed by atoms with E-state index in [9.17, 15) is 0 Å². The molecule has 0 saturated heterocycles. The Labute approximate surface area is 88.3 Å². The van der Waals surface area contributed by atoms with Gasteiger partial charge in [-0.1, -0.05) is 22.9 Å². The van der Waals surface area contributed by atoms with Crippen LogP contribution in [0.2, 0.25) is 0 Å². The summed E-state index contributed by atoms with van der Waals surface area (Å²) in [6.45, 7) is 2.18. The molecule has 1 atom stereocenters. The molecule has 1 aromatic rings. The Bertz CT molecular complexity index is 218. The maximum atomic E-state index is 3.53. The van der Waals surface area contributed by atoms with E-state index in [2.05, 4.69) is 50.2 Å². The monoisotopic (exact) mass is 296 g/mol. The lowest BCUT2D eigenvalue weighted by atomic mass is 10.2. The summed E-state index contributed by atoms with van der Waals surface area (Å²) >= 11 is 8.81. The second-order valence-electron chi connectivity index (χ2n) is 2.54. The standard InChI is InChI=1S/C8H10Br2S/c1-6(9)2-3-7-4-5-11-8(7)10/h4-6H,2-3H2,1H3. The minimum absolute atomic E-state index is 0.620. The van der Waals surface area contributed by atoms with E-state index in [1.54, 1.807) is 11.3 Å². The molecule has 0 N–H and O–H groups in total. The first-order valence-electron chi connectivity index (χ1n) is 3.56. The number of aryl methyl sites for hydroxylation is 1. The van der Waals surface area contributed by atoms with Crippen molar-refractivity contribution in [3.05, 3.63) is 20.8 Å². The first-order chi connectivity index (χ1) is 5.20. The number of thiophene rings is 1. The van der Waals surface area contributed by atoms with Gasteiger partial charge in [-0.3, -0.25) is 0 Å². The highest BCUT2D eigenvalue weighted by Gasteiger charge is 2.02. The summed E-state index contributed by atoms with van der Waals surface area (Å²) in [4.78, 5) is 0.620. The van der Waals surface area contributed by atoms with Crippen molar-refractivity contribution in [2.45, 2.75) is 24.6 Å². The minimum atomic E-state index is 0.620. The number of hydrogen-bond acceptors (Lipinski definition) is 1. The zero-order valence-electron chi connectivity index (χ0n) is 6.31. The predicted molar refractivity (Wildman–Crippen MR) is 58.7 cm³/mol. The van der Waals surface area contributed by atoms with Gasteiger partial charge in [0.1, 0.15) is 0 Å². The molecule has 1 rings (SSSR count). The van der Waals surface area contributed by atoms with Gasteiger partial charge in [0.25, 0.3) is 0 Å². The van der Waals surface area contributed by atoms with E-state index in [4.69, 9.17) is 0 Å². The Balaban J connectivity index is 2.44. The summed E-state index contributed by atoms with van der Waals surface area (Å²) in [7, 11) is 0. The average Bonchev–Trinajstić information content (AvgIpc) is 2.31. The van der Waals surface area contributed by atoms with Crippen molar-refractivity contribution in [2.75, 3.05) is 0 Å². The smallest absolute Gasteiger partial charge is 0.0730 e. The zero-order valence-corrected chi connectivity index (χ0v) is 10.3. The third-order valence-electron chi connectivity index (χ3n) is 1.50. The molecule has 0 aromatic carbocycles. The minimum Gasteiger partial charge on any atom is -0.137 e. The fourth-order valence-electron chi connectivity index (χ4n) is 0.853. The first-order valence-corrected chi connectivity index (χ1v) is 6.15. The highest BCUT2D eigenvalue weighted by molar-refractivity contribution is 9.11. The van der Waals surface area contributed by atoms with Crippen LogP contribution in [-0.4, -0.2) is 4.83 Å². The Kier molecular flexibility index (Phi) is 4.10. The number of alkyl halides is 1. The molecule has 0 aliphatic heterocycles. The molecule has 0 spiro atoms. The Hall–Kier alpha value is 0.660. The SMILES string of the molecule is CC(Br)CCc1ccsc1Br. The zero-order chi connectivity index (χ0) is 8.27. The van der Waals surface area contributed by atoms with E-state index < -0.39 is 0 Å². The molecule has 3 heteroatoms. The molecule has 0 radical (unpaired) electrons. The van der Waals surface area contributed by atoms with Crippen molar-refractivity contribution in [1.82, 2.24) is 0 Å². The summed E-state index contributed by atoms with van der Waals surface area (Å²) in [5, 5.41) is 2.12. The van der Waals surface area contributed by atoms with Crippen LogP contribution in [-0.2, 0) is 6.42 Å². The normalized spacial score (nSPS) is 13.4. The molecule has 1 heterocycles. The van der Waals surface area contributed by atoms with Crippen LogP contribution in [0.4, 0.5) is 0 Å². The Morgan fingerprint density at radius 3 is 2.82 bits per heavy atom. The molecule has 1 aromatic heterocycles. The lowest BCUT2D eigenvalue weighted by Crippen LogP contribution is -1.92. The molecule has 1 unspecified atom stereocenters. The molecule has 0 nitrogen and oxygen atoms in total. The largest absolute Gasteiger partial charge is 0.137 e. The van der Waals surface area contributed by atoms with E-state index >= 15 is 0 Å².